The molecular formula is C20H21N3O2. The quantitative estimate of drug-likeness (QED) is 0.614. The van der Waals surface area contributed by atoms with Gasteiger partial charge in [-0.05, 0) is 56.7 Å². The van der Waals surface area contributed by atoms with Crippen LogP contribution in [0.2, 0.25) is 0 Å². The summed E-state index contributed by atoms with van der Waals surface area (Å²) in [4.78, 5) is 12.3. The molecular weight excluding hydrogens is 314 g/mol. The van der Waals surface area contributed by atoms with Gasteiger partial charge in [0.15, 0.2) is 0 Å². The van der Waals surface area contributed by atoms with E-state index >= 15 is 0 Å². The zero-order chi connectivity index (χ0) is 18.2. The first-order valence-electron chi connectivity index (χ1n) is 8.01. The van der Waals surface area contributed by atoms with Crippen molar-refractivity contribution < 1.29 is 9.53 Å². The van der Waals surface area contributed by atoms with Crippen LogP contribution in [0.1, 0.15) is 18.1 Å². The highest BCUT2D eigenvalue weighted by molar-refractivity contribution is 6.07. The van der Waals surface area contributed by atoms with Crippen LogP contribution >= 0.6 is 0 Å². The van der Waals surface area contributed by atoms with Crippen molar-refractivity contribution in [1.82, 2.24) is 0 Å². The predicted octanol–water partition coefficient (Wildman–Crippen LogP) is 4.16. The summed E-state index contributed by atoms with van der Waals surface area (Å²) >= 11 is 0. The fourth-order valence-corrected chi connectivity index (χ4v) is 2.26. The van der Waals surface area contributed by atoms with Crippen molar-refractivity contribution in [3.8, 4) is 11.8 Å². The van der Waals surface area contributed by atoms with Gasteiger partial charge in [-0.25, -0.2) is 0 Å². The lowest BCUT2D eigenvalue weighted by molar-refractivity contribution is -0.112. The number of anilines is 2. The molecule has 0 aliphatic heterocycles. The molecule has 1 amide bonds. The van der Waals surface area contributed by atoms with Crippen LogP contribution in [0.15, 0.2) is 54.2 Å². The molecule has 128 valence electrons. The van der Waals surface area contributed by atoms with Gasteiger partial charge in [0.25, 0.3) is 5.91 Å². The lowest BCUT2D eigenvalue weighted by Gasteiger charge is -2.09. The normalized spacial score (nSPS) is 10.7. The Morgan fingerprint density at radius 3 is 2.52 bits per heavy atom. The average molecular weight is 335 g/mol. The Balaban J connectivity index is 2.06. The summed E-state index contributed by atoms with van der Waals surface area (Å²) in [5.41, 5.74) is 3.51. The van der Waals surface area contributed by atoms with Crippen LogP contribution in [0.4, 0.5) is 11.4 Å². The van der Waals surface area contributed by atoms with Crippen LogP contribution in [-0.2, 0) is 4.79 Å². The molecule has 2 N–H and O–H groups in total. The van der Waals surface area contributed by atoms with Gasteiger partial charge in [-0.1, -0.05) is 17.7 Å². The maximum Gasteiger partial charge on any atom is 0.267 e. The number of aryl methyl sites for hydroxylation is 2. The summed E-state index contributed by atoms with van der Waals surface area (Å²) in [6.45, 7) is 6.42. The lowest BCUT2D eigenvalue weighted by Crippen LogP contribution is -2.15. The molecule has 0 spiro atoms. The van der Waals surface area contributed by atoms with Gasteiger partial charge in [0.05, 0.1) is 6.61 Å². The third kappa shape index (κ3) is 5.11. The van der Waals surface area contributed by atoms with Gasteiger partial charge in [0.1, 0.15) is 17.4 Å². The summed E-state index contributed by atoms with van der Waals surface area (Å²) < 4.78 is 5.37. The number of nitriles is 1. The highest BCUT2D eigenvalue weighted by Gasteiger charge is 2.10. The van der Waals surface area contributed by atoms with Gasteiger partial charge in [0.2, 0.25) is 0 Å². The molecule has 5 heteroatoms. The van der Waals surface area contributed by atoms with Gasteiger partial charge >= 0.3 is 0 Å². The maximum atomic E-state index is 12.3. The Kier molecular flexibility index (Phi) is 6.19. The topological polar surface area (TPSA) is 74.1 Å². The Morgan fingerprint density at radius 2 is 1.92 bits per heavy atom. The Morgan fingerprint density at radius 1 is 1.20 bits per heavy atom. The second-order valence-electron chi connectivity index (χ2n) is 5.54. The van der Waals surface area contributed by atoms with E-state index in [9.17, 15) is 10.1 Å². The molecule has 0 saturated heterocycles. The fourth-order valence-electron chi connectivity index (χ4n) is 2.26. The van der Waals surface area contributed by atoms with E-state index in [1.807, 2.05) is 69.3 Å². The molecule has 0 atom stereocenters. The minimum absolute atomic E-state index is 0.00569. The smallest absolute Gasteiger partial charge is 0.267 e. The van der Waals surface area contributed by atoms with Gasteiger partial charge in [-0.2, -0.15) is 5.26 Å². The van der Waals surface area contributed by atoms with Gasteiger partial charge in [0, 0.05) is 17.6 Å². The molecule has 0 aliphatic rings. The first kappa shape index (κ1) is 18.1. The summed E-state index contributed by atoms with van der Waals surface area (Å²) in [6.07, 6.45) is 1.40. The maximum absolute atomic E-state index is 12.3. The molecule has 2 aromatic carbocycles. The largest absolute Gasteiger partial charge is 0.494 e. The van der Waals surface area contributed by atoms with Crippen LogP contribution in [0.5, 0.6) is 5.75 Å². The zero-order valence-corrected chi connectivity index (χ0v) is 14.6. The summed E-state index contributed by atoms with van der Waals surface area (Å²) in [6, 6.07) is 14.9. The van der Waals surface area contributed by atoms with Gasteiger partial charge < -0.3 is 15.4 Å². The van der Waals surface area contributed by atoms with Crippen LogP contribution in [0.25, 0.3) is 0 Å². The molecule has 0 unspecified atom stereocenters. The molecule has 25 heavy (non-hydrogen) atoms. The molecule has 2 rings (SSSR count). The van der Waals surface area contributed by atoms with E-state index in [-0.39, 0.29) is 5.57 Å². The van der Waals surface area contributed by atoms with Crippen LogP contribution in [-0.4, -0.2) is 12.5 Å². The standard InChI is InChI=1S/C20H21N3O2/c1-4-25-18-8-6-17(7-9-18)22-13-16(12-21)20(24)23-19-10-5-14(2)11-15(19)3/h5-11,13,22H,4H2,1-3H3,(H,23,24)/b16-13-. The van der Waals surface area contributed by atoms with Crippen molar-refractivity contribution in [2.75, 3.05) is 17.2 Å². The van der Waals surface area contributed by atoms with Crippen molar-refractivity contribution >= 4 is 17.3 Å². The van der Waals surface area contributed by atoms with Gasteiger partial charge in [-0.3, -0.25) is 4.79 Å². The Hall–Kier alpha value is -3.26. The number of benzene rings is 2. The molecule has 2 aromatic rings. The van der Waals surface area contributed by atoms with Crippen molar-refractivity contribution in [3.05, 3.63) is 65.4 Å². The first-order valence-corrected chi connectivity index (χ1v) is 8.01. The van der Waals surface area contributed by atoms with E-state index in [0.29, 0.717) is 12.3 Å². The van der Waals surface area contributed by atoms with Crippen molar-refractivity contribution in [3.63, 3.8) is 0 Å². The van der Waals surface area contributed by atoms with E-state index in [2.05, 4.69) is 10.6 Å². The minimum Gasteiger partial charge on any atom is -0.494 e. The number of nitrogens with one attached hydrogen (secondary N) is 2. The average Bonchev–Trinajstić information content (AvgIpc) is 2.59. The fraction of sp³-hybridized carbons (Fsp3) is 0.200. The van der Waals surface area contributed by atoms with Crippen LogP contribution in [0, 0.1) is 25.2 Å². The van der Waals surface area contributed by atoms with E-state index in [1.165, 1.54) is 6.20 Å². The number of rotatable bonds is 6. The van der Waals surface area contributed by atoms with Crippen molar-refractivity contribution in [2.45, 2.75) is 20.8 Å². The van der Waals surface area contributed by atoms with E-state index < -0.39 is 5.91 Å². The summed E-state index contributed by atoms with van der Waals surface area (Å²) in [5.74, 6) is 0.318. The molecule has 0 aromatic heterocycles. The number of hydrogen-bond acceptors (Lipinski definition) is 4. The molecule has 0 fully saturated rings. The number of nitrogens with zero attached hydrogens (tertiary/aromatic N) is 1. The second-order valence-corrected chi connectivity index (χ2v) is 5.54. The minimum atomic E-state index is -0.451. The summed E-state index contributed by atoms with van der Waals surface area (Å²) in [7, 11) is 0. The Bertz CT molecular complexity index is 818. The first-order chi connectivity index (χ1) is 12.0. The van der Waals surface area contributed by atoms with Gasteiger partial charge in [-0.15, -0.1) is 0 Å². The highest BCUT2D eigenvalue weighted by atomic mass is 16.5. The Labute approximate surface area is 147 Å². The number of ether oxygens (including phenoxy) is 1. The highest BCUT2D eigenvalue weighted by Crippen LogP contribution is 2.18. The molecule has 0 aliphatic carbocycles. The molecule has 0 radical (unpaired) electrons. The van der Waals surface area contributed by atoms with E-state index in [4.69, 9.17) is 4.74 Å². The number of hydrogen-bond donors (Lipinski definition) is 2. The third-order valence-corrected chi connectivity index (χ3v) is 3.54. The van der Waals surface area contributed by atoms with E-state index in [1.54, 1.807) is 0 Å². The zero-order valence-electron chi connectivity index (χ0n) is 14.6. The van der Waals surface area contributed by atoms with Crippen molar-refractivity contribution in [1.29, 1.82) is 5.26 Å². The lowest BCUT2D eigenvalue weighted by atomic mass is 10.1. The second kappa shape index (κ2) is 8.55. The number of amides is 1. The monoisotopic (exact) mass is 335 g/mol. The molecule has 5 nitrogen and oxygen atoms in total. The van der Waals surface area contributed by atoms with Crippen molar-refractivity contribution in [2.24, 2.45) is 0 Å². The van der Waals surface area contributed by atoms with Crippen LogP contribution < -0.4 is 15.4 Å². The summed E-state index contributed by atoms with van der Waals surface area (Å²) in [5, 5.41) is 15.0. The molecule has 0 bridgehead atoms. The molecule has 0 saturated carbocycles. The predicted molar refractivity (Wildman–Crippen MR) is 99.5 cm³/mol. The number of carbonyl (C=O) groups is 1. The SMILES string of the molecule is CCOc1ccc(N/C=C(/C#N)C(=O)Nc2ccc(C)cc2C)cc1. The van der Waals surface area contributed by atoms with E-state index in [0.717, 1.165) is 22.6 Å². The molecule has 0 heterocycles. The third-order valence-electron chi connectivity index (χ3n) is 3.54. The van der Waals surface area contributed by atoms with Crippen LogP contribution in [0.3, 0.4) is 0 Å². The number of carbonyl (C=O) groups excluding carboxylic acids is 1.